The van der Waals surface area contributed by atoms with Gasteiger partial charge in [0.25, 0.3) is 0 Å². The summed E-state index contributed by atoms with van der Waals surface area (Å²) in [4.78, 5) is 11.2. The van der Waals surface area contributed by atoms with Gasteiger partial charge >= 0.3 is 5.97 Å². The van der Waals surface area contributed by atoms with Crippen LogP contribution in [0.15, 0.2) is 53.4 Å². The van der Waals surface area contributed by atoms with Crippen LogP contribution in [0.25, 0.3) is 10.9 Å². The van der Waals surface area contributed by atoms with Gasteiger partial charge < -0.3 is 9.67 Å². The molecule has 0 bridgehead atoms. The number of benzene rings is 2. The van der Waals surface area contributed by atoms with E-state index in [1.165, 1.54) is 16.7 Å². The second-order valence-corrected chi connectivity index (χ2v) is 8.26. The molecule has 1 N–H and O–H groups in total. The Balaban J connectivity index is 2.42. The van der Waals surface area contributed by atoms with Crippen molar-refractivity contribution in [3.05, 3.63) is 65.6 Å². The van der Waals surface area contributed by atoms with E-state index >= 15 is 0 Å². The van der Waals surface area contributed by atoms with Gasteiger partial charge in [-0.1, -0.05) is 41.9 Å². The summed E-state index contributed by atoms with van der Waals surface area (Å²) >= 11 is 6.58. The highest BCUT2D eigenvalue weighted by Gasteiger charge is 2.29. The Labute approximate surface area is 154 Å². The van der Waals surface area contributed by atoms with E-state index in [1.54, 1.807) is 30.3 Å². The first kappa shape index (κ1) is 18.4. The average Bonchev–Trinajstić information content (AvgIpc) is 2.87. The fraction of sp³-hybridized carbons (Fsp3) is 0.167. The van der Waals surface area contributed by atoms with Crippen LogP contribution in [0.4, 0.5) is 4.39 Å². The van der Waals surface area contributed by atoms with Gasteiger partial charge in [-0.15, -0.1) is 0 Å². The Kier molecular flexibility index (Phi) is 4.77. The number of sulfone groups is 1. The highest BCUT2D eigenvalue weighted by atomic mass is 35.5. The third kappa shape index (κ3) is 3.32. The number of aliphatic carboxylic acids is 1. The van der Waals surface area contributed by atoms with Crippen molar-refractivity contribution in [2.24, 2.45) is 0 Å². The van der Waals surface area contributed by atoms with Crippen molar-refractivity contribution in [2.45, 2.75) is 16.8 Å². The minimum absolute atomic E-state index is 0.0180. The molecule has 26 heavy (non-hydrogen) atoms. The minimum atomic E-state index is -3.83. The molecule has 0 aliphatic rings. The van der Waals surface area contributed by atoms with Gasteiger partial charge in [0.05, 0.1) is 22.5 Å². The Morgan fingerprint density at radius 3 is 2.46 bits per heavy atom. The first-order valence-corrected chi connectivity index (χ1v) is 9.96. The van der Waals surface area contributed by atoms with Crippen molar-refractivity contribution < 1.29 is 22.7 Å². The summed E-state index contributed by atoms with van der Waals surface area (Å²) in [5.74, 6) is -1.83. The number of rotatable bonds is 5. The topological polar surface area (TPSA) is 76.4 Å². The van der Waals surface area contributed by atoms with Crippen LogP contribution in [0.1, 0.15) is 16.8 Å². The summed E-state index contributed by atoms with van der Waals surface area (Å²) in [5, 5.41) is 9.40. The summed E-state index contributed by atoms with van der Waals surface area (Å²) in [5.41, 5.74) is 0.174. The Hall–Kier alpha value is -2.38. The summed E-state index contributed by atoms with van der Waals surface area (Å²) in [7, 11) is -3.83. The number of carboxylic acids is 1. The second-order valence-electron chi connectivity index (χ2n) is 5.90. The molecule has 2 aromatic carbocycles. The van der Waals surface area contributed by atoms with Gasteiger partial charge in [0.15, 0.2) is 9.84 Å². The van der Waals surface area contributed by atoms with Gasteiger partial charge in [-0.3, -0.25) is 4.79 Å². The van der Waals surface area contributed by atoms with E-state index in [-0.39, 0.29) is 16.0 Å². The zero-order valence-corrected chi connectivity index (χ0v) is 15.3. The van der Waals surface area contributed by atoms with Crippen LogP contribution in [-0.4, -0.2) is 30.3 Å². The highest BCUT2D eigenvalue weighted by Crippen LogP contribution is 2.37. The van der Waals surface area contributed by atoms with Crippen LogP contribution in [0.2, 0.25) is 0 Å². The maximum atomic E-state index is 13.8. The maximum absolute atomic E-state index is 13.8. The number of aromatic nitrogens is 1. The van der Waals surface area contributed by atoms with Gasteiger partial charge in [0.1, 0.15) is 11.3 Å². The lowest BCUT2D eigenvalue weighted by Gasteiger charge is -2.17. The third-order valence-corrected chi connectivity index (χ3v) is 5.65. The zero-order valence-electron chi connectivity index (χ0n) is 13.7. The molecule has 0 saturated carbocycles. The molecular formula is C18H15ClFNO4S. The van der Waals surface area contributed by atoms with E-state index in [0.717, 1.165) is 12.3 Å². The fourth-order valence-electron chi connectivity index (χ4n) is 3.05. The van der Waals surface area contributed by atoms with Crippen LogP contribution in [0.5, 0.6) is 0 Å². The standard InChI is InChI=1S/C18H15ClFNO4S/c1-26(24,25)17-13-9-12(20)7-8-14(13)21(15(17)10-16(22)23)18(19)11-5-3-2-4-6-11/h2-9,18H,10H2,1H3,(H,22,23). The van der Waals surface area contributed by atoms with E-state index in [1.807, 2.05) is 0 Å². The highest BCUT2D eigenvalue weighted by molar-refractivity contribution is 7.91. The van der Waals surface area contributed by atoms with Crippen molar-refractivity contribution in [3.8, 4) is 0 Å². The molecule has 3 aromatic rings. The summed E-state index contributed by atoms with van der Waals surface area (Å²) < 4.78 is 39.9. The normalized spacial score (nSPS) is 13.0. The Bertz CT molecular complexity index is 1090. The molecule has 0 radical (unpaired) electrons. The molecule has 0 spiro atoms. The number of nitrogens with zero attached hydrogens (tertiary/aromatic N) is 1. The lowest BCUT2D eigenvalue weighted by molar-refractivity contribution is -0.136. The molecule has 3 rings (SSSR count). The quantitative estimate of drug-likeness (QED) is 0.670. The number of alkyl halides is 1. The lowest BCUT2D eigenvalue weighted by Crippen LogP contribution is -2.14. The predicted molar refractivity (Wildman–Crippen MR) is 96.8 cm³/mol. The molecule has 1 heterocycles. The number of hydrogen-bond acceptors (Lipinski definition) is 3. The van der Waals surface area contributed by atoms with E-state index in [9.17, 15) is 22.7 Å². The van der Waals surface area contributed by atoms with Crippen LogP contribution in [0, 0.1) is 5.82 Å². The van der Waals surface area contributed by atoms with E-state index < -0.39 is 33.5 Å². The van der Waals surface area contributed by atoms with Gasteiger partial charge in [-0.2, -0.15) is 0 Å². The Morgan fingerprint density at radius 1 is 1.23 bits per heavy atom. The molecule has 0 aliphatic heterocycles. The molecule has 5 nitrogen and oxygen atoms in total. The van der Waals surface area contributed by atoms with Crippen molar-refractivity contribution in [1.82, 2.24) is 4.57 Å². The first-order valence-electron chi connectivity index (χ1n) is 7.63. The largest absolute Gasteiger partial charge is 0.481 e. The van der Waals surface area contributed by atoms with E-state index in [4.69, 9.17) is 11.6 Å². The average molecular weight is 396 g/mol. The van der Waals surface area contributed by atoms with Gasteiger partial charge in [-0.25, -0.2) is 12.8 Å². The predicted octanol–water partition coefficient (Wildman–Crippen LogP) is 3.60. The minimum Gasteiger partial charge on any atom is -0.481 e. The van der Waals surface area contributed by atoms with Gasteiger partial charge in [-0.05, 0) is 23.8 Å². The molecule has 1 aromatic heterocycles. The molecule has 1 atom stereocenters. The molecule has 136 valence electrons. The summed E-state index contributed by atoms with van der Waals surface area (Å²) in [6.45, 7) is 0. The maximum Gasteiger partial charge on any atom is 0.309 e. The molecule has 0 amide bonds. The lowest BCUT2D eigenvalue weighted by atomic mass is 10.2. The fourth-order valence-corrected chi connectivity index (χ4v) is 4.58. The van der Waals surface area contributed by atoms with Crippen molar-refractivity contribution in [2.75, 3.05) is 6.26 Å². The van der Waals surface area contributed by atoms with Crippen LogP contribution < -0.4 is 0 Å². The smallest absolute Gasteiger partial charge is 0.309 e. The van der Waals surface area contributed by atoms with Crippen LogP contribution >= 0.6 is 11.6 Å². The summed E-state index contributed by atoms with van der Waals surface area (Å²) in [6.07, 6.45) is 0.406. The summed E-state index contributed by atoms with van der Waals surface area (Å²) in [6, 6.07) is 12.5. The first-order chi connectivity index (χ1) is 12.2. The molecule has 1 unspecified atom stereocenters. The monoisotopic (exact) mass is 395 g/mol. The number of carboxylic acid groups (broad SMARTS) is 1. The van der Waals surface area contributed by atoms with Gasteiger partial charge in [0, 0.05) is 11.6 Å². The number of carbonyl (C=O) groups is 1. The van der Waals surface area contributed by atoms with Crippen molar-refractivity contribution >= 4 is 38.3 Å². The third-order valence-electron chi connectivity index (χ3n) is 4.01. The molecule has 0 fully saturated rings. The molecule has 0 saturated heterocycles. The molecule has 8 heteroatoms. The molecule has 0 aliphatic carbocycles. The number of hydrogen-bond donors (Lipinski definition) is 1. The second kappa shape index (κ2) is 6.74. The van der Waals surface area contributed by atoms with E-state index in [2.05, 4.69) is 0 Å². The SMILES string of the molecule is CS(=O)(=O)c1c(CC(=O)O)n(C(Cl)c2ccccc2)c2ccc(F)cc12. The van der Waals surface area contributed by atoms with Gasteiger partial charge in [0.2, 0.25) is 0 Å². The van der Waals surface area contributed by atoms with Crippen molar-refractivity contribution in [3.63, 3.8) is 0 Å². The van der Waals surface area contributed by atoms with Crippen LogP contribution in [0.3, 0.4) is 0 Å². The molecular weight excluding hydrogens is 381 g/mol. The van der Waals surface area contributed by atoms with E-state index in [0.29, 0.717) is 11.1 Å². The van der Waals surface area contributed by atoms with Crippen molar-refractivity contribution in [1.29, 1.82) is 0 Å². The number of fused-ring (bicyclic) bond motifs is 1. The zero-order chi connectivity index (χ0) is 19.1. The Morgan fingerprint density at radius 2 is 1.88 bits per heavy atom. The number of halogens is 2. The van der Waals surface area contributed by atoms with Crippen LogP contribution in [-0.2, 0) is 21.1 Å².